The molecule has 0 spiro atoms. The molecule has 0 unspecified atom stereocenters. The Morgan fingerprint density at radius 1 is 1.26 bits per heavy atom. The first-order chi connectivity index (χ1) is 11.0. The van der Waals surface area contributed by atoms with E-state index in [1.807, 2.05) is 39.2 Å². The van der Waals surface area contributed by atoms with E-state index in [0.29, 0.717) is 11.5 Å². The highest BCUT2D eigenvalue weighted by Gasteiger charge is 2.09. The lowest BCUT2D eigenvalue weighted by molar-refractivity contribution is 0.102. The number of anilines is 2. The molecule has 0 radical (unpaired) electrons. The first kappa shape index (κ1) is 17.4. The van der Waals surface area contributed by atoms with Crippen LogP contribution in [0, 0.1) is 6.92 Å². The van der Waals surface area contributed by atoms with Crippen LogP contribution in [0.3, 0.4) is 0 Å². The highest BCUT2D eigenvalue weighted by atomic mass is 79.9. The van der Waals surface area contributed by atoms with Gasteiger partial charge in [-0.25, -0.2) is 9.97 Å². The molecule has 0 saturated heterocycles. The number of benzene rings is 1. The molecule has 0 aliphatic heterocycles. The summed E-state index contributed by atoms with van der Waals surface area (Å²) in [7, 11) is 4.00. The van der Waals surface area contributed by atoms with Gasteiger partial charge in [0.1, 0.15) is 0 Å². The van der Waals surface area contributed by atoms with Crippen molar-refractivity contribution in [2.45, 2.75) is 6.92 Å². The van der Waals surface area contributed by atoms with E-state index in [2.05, 4.69) is 41.4 Å². The maximum Gasteiger partial charge on any atom is 0.258 e. The minimum Gasteiger partial charge on any atom is -0.353 e. The predicted molar refractivity (Wildman–Crippen MR) is 95.9 cm³/mol. The van der Waals surface area contributed by atoms with Crippen LogP contribution in [0.2, 0.25) is 0 Å². The summed E-state index contributed by atoms with van der Waals surface area (Å²) in [5.74, 6) is 0.290. The number of hydrogen-bond donors (Lipinski definition) is 2. The number of carbonyl (C=O) groups excluding carboxylic acids is 1. The number of amides is 1. The molecule has 1 aromatic heterocycles. The van der Waals surface area contributed by atoms with Gasteiger partial charge in [-0.3, -0.25) is 4.79 Å². The van der Waals surface area contributed by atoms with Crippen LogP contribution in [0.4, 0.5) is 11.6 Å². The maximum absolute atomic E-state index is 12.2. The molecule has 1 amide bonds. The van der Waals surface area contributed by atoms with Crippen molar-refractivity contribution >= 4 is 33.5 Å². The summed E-state index contributed by atoms with van der Waals surface area (Å²) in [5, 5.41) is 5.97. The van der Waals surface area contributed by atoms with Crippen LogP contribution >= 0.6 is 15.9 Å². The molecule has 0 aliphatic rings. The van der Waals surface area contributed by atoms with E-state index in [1.165, 1.54) is 12.4 Å². The largest absolute Gasteiger partial charge is 0.353 e. The number of aromatic nitrogens is 2. The minimum absolute atomic E-state index is 0.227. The Morgan fingerprint density at radius 2 is 1.96 bits per heavy atom. The van der Waals surface area contributed by atoms with Crippen molar-refractivity contribution in [1.29, 1.82) is 0 Å². The molecular formula is C16H20BrN5O. The average molecular weight is 378 g/mol. The Kier molecular flexibility index (Phi) is 6.06. The zero-order valence-electron chi connectivity index (χ0n) is 13.4. The molecule has 2 aromatic rings. The van der Waals surface area contributed by atoms with E-state index < -0.39 is 0 Å². The quantitative estimate of drug-likeness (QED) is 0.809. The van der Waals surface area contributed by atoms with Crippen LogP contribution in [0.25, 0.3) is 0 Å². The summed E-state index contributed by atoms with van der Waals surface area (Å²) in [6.45, 7) is 3.57. The third-order valence-corrected chi connectivity index (χ3v) is 3.69. The molecule has 6 nitrogen and oxygen atoms in total. The summed E-state index contributed by atoms with van der Waals surface area (Å²) in [6.07, 6.45) is 3.04. The Balaban J connectivity index is 1.97. The molecule has 23 heavy (non-hydrogen) atoms. The van der Waals surface area contributed by atoms with Crippen LogP contribution in [-0.2, 0) is 0 Å². The second kappa shape index (κ2) is 8.03. The van der Waals surface area contributed by atoms with Gasteiger partial charge in [-0.15, -0.1) is 0 Å². The van der Waals surface area contributed by atoms with Crippen molar-refractivity contribution in [2.24, 2.45) is 0 Å². The lowest BCUT2D eigenvalue weighted by Gasteiger charge is -2.11. The van der Waals surface area contributed by atoms with E-state index in [1.54, 1.807) is 0 Å². The van der Waals surface area contributed by atoms with Crippen LogP contribution in [0.5, 0.6) is 0 Å². The number of likely N-dealkylation sites (N-methyl/N-ethyl adjacent to an activating group) is 1. The number of hydrogen-bond acceptors (Lipinski definition) is 5. The monoisotopic (exact) mass is 377 g/mol. The molecule has 1 aromatic carbocycles. The number of nitrogens with zero attached hydrogens (tertiary/aromatic N) is 3. The van der Waals surface area contributed by atoms with Gasteiger partial charge >= 0.3 is 0 Å². The molecular weight excluding hydrogens is 358 g/mol. The lowest BCUT2D eigenvalue weighted by atomic mass is 10.2. The van der Waals surface area contributed by atoms with Crippen LogP contribution in [-0.4, -0.2) is 48.0 Å². The fraction of sp³-hybridized carbons (Fsp3) is 0.312. The van der Waals surface area contributed by atoms with Gasteiger partial charge in [-0.2, -0.15) is 0 Å². The van der Waals surface area contributed by atoms with Crippen molar-refractivity contribution < 1.29 is 4.79 Å². The van der Waals surface area contributed by atoms with E-state index >= 15 is 0 Å². The average Bonchev–Trinajstić information content (AvgIpc) is 2.50. The summed E-state index contributed by atoms with van der Waals surface area (Å²) < 4.78 is 0.976. The second-order valence-corrected chi connectivity index (χ2v) is 6.35. The highest BCUT2D eigenvalue weighted by molar-refractivity contribution is 9.10. The van der Waals surface area contributed by atoms with Gasteiger partial charge in [0.05, 0.1) is 5.56 Å². The van der Waals surface area contributed by atoms with Gasteiger partial charge in [0.2, 0.25) is 5.95 Å². The Hall–Kier alpha value is -1.99. The SMILES string of the molecule is Cc1cc(Br)ccc1NC(=O)c1cnc(NCCN(C)C)nc1. The Morgan fingerprint density at radius 3 is 2.57 bits per heavy atom. The van der Waals surface area contributed by atoms with Crippen LogP contribution in [0.15, 0.2) is 35.1 Å². The third kappa shape index (κ3) is 5.30. The van der Waals surface area contributed by atoms with Gasteiger partial charge in [0.25, 0.3) is 5.91 Å². The second-order valence-electron chi connectivity index (χ2n) is 5.44. The zero-order valence-corrected chi connectivity index (χ0v) is 15.0. The first-order valence-corrected chi connectivity index (χ1v) is 8.03. The van der Waals surface area contributed by atoms with E-state index in [-0.39, 0.29) is 5.91 Å². The van der Waals surface area contributed by atoms with Crippen LogP contribution in [0.1, 0.15) is 15.9 Å². The number of nitrogens with one attached hydrogen (secondary N) is 2. The standard InChI is InChI=1S/C16H20BrN5O/c1-11-8-13(17)4-5-14(11)21-15(23)12-9-19-16(20-10-12)18-6-7-22(2)3/h4-5,8-10H,6-7H2,1-3H3,(H,21,23)(H,18,19,20). The molecule has 122 valence electrons. The number of carbonyl (C=O) groups is 1. The topological polar surface area (TPSA) is 70.2 Å². The fourth-order valence-corrected chi connectivity index (χ4v) is 2.37. The summed E-state index contributed by atoms with van der Waals surface area (Å²) in [6, 6.07) is 5.69. The van der Waals surface area contributed by atoms with Gasteiger partial charge < -0.3 is 15.5 Å². The van der Waals surface area contributed by atoms with Gasteiger partial charge in [-0.1, -0.05) is 15.9 Å². The maximum atomic E-state index is 12.2. The first-order valence-electron chi connectivity index (χ1n) is 7.24. The summed E-state index contributed by atoms with van der Waals surface area (Å²) in [5.41, 5.74) is 2.17. The number of aryl methyl sites for hydroxylation is 1. The van der Waals surface area contributed by atoms with Gasteiger partial charge in [-0.05, 0) is 44.8 Å². The molecule has 2 rings (SSSR count). The van der Waals surface area contributed by atoms with Crippen molar-refractivity contribution in [2.75, 3.05) is 37.8 Å². The lowest BCUT2D eigenvalue weighted by Crippen LogP contribution is -2.21. The molecule has 0 aliphatic carbocycles. The van der Waals surface area contributed by atoms with Gasteiger partial charge in [0.15, 0.2) is 0 Å². The predicted octanol–water partition coefficient (Wildman–Crippen LogP) is 2.77. The fourth-order valence-electron chi connectivity index (χ4n) is 1.89. The van der Waals surface area contributed by atoms with Crippen molar-refractivity contribution in [3.05, 3.63) is 46.2 Å². The Bertz CT molecular complexity index is 673. The molecule has 0 atom stereocenters. The summed E-state index contributed by atoms with van der Waals surface area (Å²) >= 11 is 3.40. The molecule has 0 saturated carbocycles. The van der Waals surface area contributed by atoms with E-state index in [4.69, 9.17) is 0 Å². The number of rotatable bonds is 6. The zero-order chi connectivity index (χ0) is 16.8. The minimum atomic E-state index is -0.227. The van der Waals surface area contributed by atoms with Crippen molar-refractivity contribution in [3.8, 4) is 0 Å². The summed E-state index contributed by atoms with van der Waals surface area (Å²) in [4.78, 5) is 22.6. The molecule has 1 heterocycles. The van der Waals surface area contributed by atoms with E-state index in [0.717, 1.165) is 28.8 Å². The van der Waals surface area contributed by atoms with E-state index in [9.17, 15) is 4.79 Å². The van der Waals surface area contributed by atoms with Gasteiger partial charge in [0, 0.05) is 35.6 Å². The molecule has 0 fully saturated rings. The third-order valence-electron chi connectivity index (χ3n) is 3.19. The smallest absolute Gasteiger partial charge is 0.258 e. The molecule has 0 bridgehead atoms. The molecule has 2 N–H and O–H groups in total. The Labute approximate surface area is 144 Å². The van der Waals surface area contributed by atoms with Crippen LogP contribution < -0.4 is 10.6 Å². The molecule has 7 heteroatoms. The van der Waals surface area contributed by atoms with Crippen molar-refractivity contribution in [1.82, 2.24) is 14.9 Å². The highest BCUT2D eigenvalue weighted by Crippen LogP contribution is 2.20. The van der Waals surface area contributed by atoms with Crippen molar-refractivity contribution in [3.63, 3.8) is 0 Å². The number of halogens is 1. The normalized spacial score (nSPS) is 10.7.